The number of fused-ring (bicyclic) bond motifs is 1. The van der Waals surface area contributed by atoms with Gasteiger partial charge in [0.25, 0.3) is 5.91 Å². The van der Waals surface area contributed by atoms with Gasteiger partial charge < -0.3 is 15.2 Å². The number of hydrogen-bond acceptors (Lipinski definition) is 3. The fraction of sp³-hybridized carbons (Fsp3) is 0.467. The van der Waals surface area contributed by atoms with Gasteiger partial charge in [-0.15, -0.1) is 0 Å². The summed E-state index contributed by atoms with van der Waals surface area (Å²) in [6.45, 7) is 2.84. The van der Waals surface area contributed by atoms with E-state index in [1.807, 2.05) is 12.1 Å². The molecular weight excluding hydrogens is 258 g/mol. The van der Waals surface area contributed by atoms with Gasteiger partial charge in [0.05, 0.1) is 12.5 Å². The molecule has 0 aromatic heterocycles. The number of carbonyl (C=O) groups is 2. The van der Waals surface area contributed by atoms with Crippen molar-refractivity contribution in [3.8, 4) is 5.75 Å². The molecule has 0 fully saturated rings. The van der Waals surface area contributed by atoms with Gasteiger partial charge in [-0.2, -0.15) is 0 Å². The summed E-state index contributed by atoms with van der Waals surface area (Å²) in [4.78, 5) is 22.6. The molecule has 1 aliphatic heterocycles. The van der Waals surface area contributed by atoms with Gasteiger partial charge in [-0.05, 0) is 36.6 Å². The monoisotopic (exact) mass is 277 g/mol. The molecule has 2 N–H and O–H groups in total. The van der Waals surface area contributed by atoms with E-state index in [4.69, 9.17) is 9.84 Å². The van der Waals surface area contributed by atoms with Gasteiger partial charge >= 0.3 is 5.97 Å². The van der Waals surface area contributed by atoms with Crippen molar-refractivity contribution < 1.29 is 19.4 Å². The minimum absolute atomic E-state index is 0.123. The number of amides is 1. The topological polar surface area (TPSA) is 75.6 Å². The van der Waals surface area contributed by atoms with Gasteiger partial charge in [0.2, 0.25) is 0 Å². The predicted octanol–water partition coefficient (Wildman–Crippen LogP) is 1.85. The second kappa shape index (κ2) is 6.41. The van der Waals surface area contributed by atoms with Gasteiger partial charge in [0.1, 0.15) is 5.75 Å². The van der Waals surface area contributed by atoms with Crippen LogP contribution in [0.25, 0.3) is 0 Å². The summed E-state index contributed by atoms with van der Waals surface area (Å²) in [5.41, 5.74) is 1.69. The van der Waals surface area contributed by atoms with E-state index in [9.17, 15) is 9.59 Å². The second-order valence-corrected chi connectivity index (χ2v) is 5.06. The largest absolute Gasteiger partial charge is 0.493 e. The lowest BCUT2D eigenvalue weighted by atomic mass is 10.1. The van der Waals surface area contributed by atoms with Gasteiger partial charge in [-0.25, -0.2) is 0 Å². The zero-order valence-electron chi connectivity index (χ0n) is 11.5. The van der Waals surface area contributed by atoms with E-state index >= 15 is 0 Å². The molecule has 0 radical (unpaired) electrons. The number of hydrogen-bond donors (Lipinski definition) is 2. The summed E-state index contributed by atoms with van der Waals surface area (Å²) in [5.74, 6) is -0.432. The van der Waals surface area contributed by atoms with Gasteiger partial charge in [-0.3, -0.25) is 9.59 Å². The number of ether oxygens (including phenoxy) is 1. The maximum absolute atomic E-state index is 12.0. The number of carboxylic acid groups (broad SMARTS) is 1. The Balaban J connectivity index is 1.79. The van der Waals surface area contributed by atoms with Crippen molar-refractivity contribution in [1.29, 1.82) is 0 Å². The smallest absolute Gasteiger partial charge is 0.306 e. The lowest BCUT2D eigenvalue weighted by Crippen LogP contribution is -2.25. The average molecular weight is 277 g/mol. The van der Waals surface area contributed by atoms with E-state index in [1.165, 1.54) is 0 Å². The van der Waals surface area contributed by atoms with Crippen LogP contribution >= 0.6 is 0 Å². The van der Waals surface area contributed by atoms with Gasteiger partial charge in [0.15, 0.2) is 0 Å². The third kappa shape index (κ3) is 3.50. The summed E-state index contributed by atoms with van der Waals surface area (Å²) in [6.07, 6.45) is 2.06. The molecule has 1 amide bonds. The molecule has 20 heavy (non-hydrogen) atoms. The highest BCUT2D eigenvalue weighted by Crippen LogP contribution is 2.25. The van der Waals surface area contributed by atoms with Crippen molar-refractivity contribution in [2.75, 3.05) is 13.2 Å². The molecule has 0 spiro atoms. The average Bonchev–Trinajstić information content (AvgIpc) is 2.90. The highest BCUT2D eigenvalue weighted by molar-refractivity contribution is 5.94. The highest BCUT2D eigenvalue weighted by Gasteiger charge is 2.15. The van der Waals surface area contributed by atoms with Crippen LogP contribution in [-0.4, -0.2) is 30.1 Å². The summed E-state index contributed by atoms with van der Waals surface area (Å²) in [5, 5.41) is 11.6. The Morgan fingerprint density at radius 1 is 1.45 bits per heavy atom. The number of carbonyl (C=O) groups excluding carboxylic acids is 1. The molecule has 108 valence electrons. The highest BCUT2D eigenvalue weighted by atomic mass is 16.5. The molecular formula is C15H19NO4. The van der Waals surface area contributed by atoms with E-state index in [0.29, 0.717) is 31.6 Å². The first-order valence-electron chi connectivity index (χ1n) is 6.84. The lowest BCUT2D eigenvalue weighted by molar-refractivity contribution is -0.141. The quantitative estimate of drug-likeness (QED) is 0.778. The number of benzene rings is 1. The minimum atomic E-state index is -0.796. The molecule has 1 atom stereocenters. The maximum Gasteiger partial charge on any atom is 0.306 e. The third-order valence-corrected chi connectivity index (χ3v) is 3.47. The molecule has 2 rings (SSSR count). The predicted molar refractivity (Wildman–Crippen MR) is 74.0 cm³/mol. The van der Waals surface area contributed by atoms with Crippen LogP contribution in [0, 0.1) is 5.92 Å². The molecule has 1 aromatic carbocycles. The molecule has 1 aromatic rings. The van der Waals surface area contributed by atoms with Crippen molar-refractivity contribution in [3.63, 3.8) is 0 Å². The maximum atomic E-state index is 12.0. The molecule has 5 nitrogen and oxygen atoms in total. The van der Waals surface area contributed by atoms with Crippen molar-refractivity contribution >= 4 is 11.9 Å². The Morgan fingerprint density at radius 2 is 2.25 bits per heavy atom. The Kier molecular flexibility index (Phi) is 4.61. The number of aliphatic carboxylic acids is 1. The molecule has 1 aliphatic rings. The van der Waals surface area contributed by atoms with Crippen molar-refractivity contribution in [1.82, 2.24) is 5.32 Å². The van der Waals surface area contributed by atoms with Crippen LogP contribution in [0.4, 0.5) is 0 Å². The number of rotatable bonds is 6. The summed E-state index contributed by atoms with van der Waals surface area (Å²) in [6, 6.07) is 5.43. The third-order valence-electron chi connectivity index (χ3n) is 3.47. The molecule has 0 saturated carbocycles. The molecule has 1 unspecified atom stereocenters. The van der Waals surface area contributed by atoms with E-state index < -0.39 is 5.97 Å². The van der Waals surface area contributed by atoms with Gasteiger partial charge in [0, 0.05) is 18.5 Å². The Bertz CT molecular complexity index is 513. The van der Waals surface area contributed by atoms with E-state index in [1.54, 1.807) is 13.0 Å². The van der Waals surface area contributed by atoms with E-state index in [-0.39, 0.29) is 11.8 Å². The van der Waals surface area contributed by atoms with Crippen LogP contribution in [0.1, 0.15) is 35.7 Å². The van der Waals surface area contributed by atoms with Crippen molar-refractivity contribution in [2.45, 2.75) is 26.2 Å². The normalized spacial score (nSPS) is 14.2. The minimum Gasteiger partial charge on any atom is -0.493 e. The lowest BCUT2D eigenvalue weighted by Gasteiger charge is -2.08. The molecule has 5 heteroatoms. The number of nitrogens with one attached hydrogen (secondary N) is 1. The zero-order valence-corrected chi connectivity index (χ0v) is 11.5. The van der Waals surface area contributed by atoms with Crippen LogP contribution in [0.2, 0.25) is 0 Å². The fourth-order valence-electron chi connectivity index (χ4n) is 2.16. The first kappa shape index (κ1) is 14.4. The molecule has 0 bridgehead atoms. The van der Waals surface area contributed by atoms with Crippen LogP contribution < -0.4 is 10.1 Å². The van der Waals surface area contributed by atoms with E-state index in [0.717, 1.165) is 17.7 Å². The fourth-order valence-corrected chi connectivity index (χ4v) is 2.16. The van der Waals surface area contributed by atoms with Crippen LogP contribution in [0.5, 0.6) is 5.75 Å². The first-order valence-corrected chi connectivity index (χ1v) is 6.84. The van der Waals surface area contributed by atoms with Crippen LogP contribution in [0.15, 0.2) is 18.2 Å². The molecule has 0 saturated heterocycles. The van der Waals surface area contributed by atoms with Crippen LogP contribution in [0.3, 0.4) is 0 Å². The SMILES string of the molecule is CC(CCCNC(=O)c1ccc2c(c1)CCO2)C(=O)O. The Labute approximate surface area is 117 Å². The van der Waals surface area contributed by atoms with Crippen molar-refractivity contribution in [3.05, 3.63) is 29.3 Å². The summed E-state index contributed by atoms with van der Waals surface area (Å²) < 4.78 is 5.39. The van der Waals surface area contributed by atoms with Crippen LogP contribution in [-0.2, 0) is 11.2 Å². The van der Waals surface area contributed by atoms with E-state index in [2.05, 4.69) is 5.32 Å². The molecule has 0 aliphatic carbocycles. The zero-order chi connectivity index (χ0) is 14.5. The number of carboxylic acids is 1. The Hall–Kier alpha value is -2.04. The summed E-state index contributed by atoms with van der Waals surface area (Å²) >= 11 is 0. The standard InChI is InChI=1S/C15H19NO4/c1-10(15(18)19)3-2-7-16-14(17)12-4-5-13-11(9-12)6-8-20-13/h4-5,9-10H,2-3,6-8H2,1H3,(H,16,17)(H,18,19). The summed E-state index contributed by atoms with van der Waals surface area (Å²) in [7, 11) is 0. The Morgan fingerprint density at radius 3 is 3.00 bits per heavy atom. The first-order chi connectivity index (χ1) is 9.58. The molecule has 1 heterocycles. The second-order valence-electron chi connectivity index (χ2n) is 5.06. The van der Waals surface area contributed by atoms with Gasteiger partial charge in [-0.1, -0.05) is 6.92 Å². The van der Waals surface area contributed by atoms with Crippen molar-refractivity contribution in [2.24, 2.45) is 5.92 Å².